The summed E-state index contributed by atoms with van der Waals surface area (Å²) in [5.74, 6) is 0.656. The van der Waals surface area contributed by atoms with Crippen molar-refractivity contribution in [2.24, 2.45) is 7.05 Å². The van der Waals surface area contributed by atoms with Gasteiger partial charge in [0.05, 0.1) is 5.69 Å². The highest BCUT2D eigenvalue weighted by molar-refractivity contribution is 7.98. The van der Waals surface area contributed by atoms with Crippen molar-refractivity contribution in [3.8, 4) is 0 Å². The Balaban J connectivity index is 1.93. The van der Waals surface area contributed by atoms with Crippen LogP contribution in [0.1, 0.15) is 12.6 Å². The van der Waals surface area contributed by atoms with Crippen molar-refractivity contribution in [3.63, 3.8) is 0 Å². The van der Waals surface area contributed by atoms with Crippen LogP contribution in [0.3, 0.4) is 0 Å². The number of rotatable bonds is 4. The van der Waals surface area contributed by atoms with Crippen LogP contribution in [0.25, 0.3) is 0 Å². The van der Waals surface area contributed by atoms with E-state index in [4.69, 9.17) is 0 Å². The molecule has 0 saturated heterocycles. The third-order valence-corrected chi connectivity index (χ3v) is 3.86. The molecular weight excluding hydrogens is 256 g/mol. The van der Waals surface area contributed by atoms with Gasteiger partial charge in [0, 0.05) is 37.5 Å². The van der Waals surface area contributed by atoms with Crippen LogP contribution in [0.5, 0.6) is 0 Å². The topological polar surface area (TPSA) is 59.8 Å². The van der Waals surface area contributed by atoms with Gasteiger partial charge in [0.1, 0.15) is 0 Å². The van der Waals surface area contributed by atoms with Gasteiger partial charge in [-0.3, -0.25) is 4.79 Å². The second kappa shape index (κ2) is 5.33. The van der Waals surface area contributed by atoms with Gasteiger partial charge in [-0.05, 0) is 0 Å². The highest BCUT2D eigenvalue weighted by atomic mass is 32.2. The second-order valence-corrected chi connectivity index (χ2v) is 5.24. The lowest BCUT2D eigenvalue weighted by Gasteiger charge is -1.98. The summed E-state index contributed by atoms with van der Waals surface area (Å²) in [6.07, 6.45) is 3.68. The Kier molecular flexibility index (Phi) is 3.80. The average Bonchev–Trinajstić information content (AvgIpc) is 2.84. The molecular formula is C10H12N4OS2. The first kappa shape index (κ1) is 12.1. The molecule has 0 radical (unpaired) electrons. The second-order valence-electron chi connectivity index (χ2n) is 3.43. The van der Waals surface area contributed by atoms with E-state index >= 15 is 0 Å². The number of carbonyl (C=O) groups excluding carboxylic acids is 1. The fraction of sp³-hybridized carbons (Fsp3) is 0.300. The van der Waals surface area contributed by atoms with E-state index in [1.165, 1.54) is 18.3 Å². The molecule has 17 heavy (non-hydrogen) atoms. The van der Waals surface area contributed by atoms with Gasteiger partial charge in [0.2, 0.25) is 5.91 Å². The van der Waals surface area contributed by atoms with Crippen LogP contribution in [0.4, 0.5) is 5.13 Å². The lowest BCUT2D eigenvalue weighted by Crippen LogP contribution is -2.05. The summed E-state index contributed by atoms with van der Waals surface area (Å²) >= 11 is 3.06. The first-order valence-electron chi connectivity index (χ1n) is 4.97. The monoisotopic (exact) mass is 268 g/mol. The van der Waals surface area contributed by atoms with Gasteiger partial charge in [0.15, 0.2) is 10.3 Å². The van der Waals surface area contributed by atoms with Crippen LogP contribution < -0.4 is 5.32 Å². The number of nitrogens with zero attached hydrogens (tertiary/aromatic N) is 3. The number of carbonyl (C=O) groups is 1. The van der Waals surface area contributed by atoms with Gasteiger partial charge >= 0.3 is 0 Å². The molecule has 2 heterocycles. The highest BCUT2D eigenvalue weighted by Crippen LogP contribution is 2.23. The van der Waals surface area contributed by atoms with Crippen molar-refractivity contribution in [2.75, 3.05) is 5.32 Å². The molecule has 1 N–H and O–H groups in total. The summed E-state index contributed by atoms with van der Waals surface area (Å²) in [5, 5.41) is 6.22. The molecule has 0 bridgehead atoms. The normalized spacial score (nSPS) is 10.5. The molecule has 90 valence electrons. The molecule has 7 heteroatoms. The molecule has 2 rings (SSSR count). The van der Waals surface area contributed by atoms with Gasteiger partial charge in [-0.15, -0.1) is 11.3 Å². The maximum absolute atomic E-state index is 10.8. The minimum Gasteiger partial charge on any atom is -0.329 e. The Morgan fingerprint density at radius 1 is 1.65 bits per heavy atom. The third-order valence-electron chi connectivity index (χ3n) is 1.96. The summed E-state index contributed by atoms with van der Waals surface area (Å²) in [7, 11) is 1.96. The first-order valence-corrected chi connectivity index (χ1v) is 6.84. The van der Waals surface area contributed by atoms with Crippen LogP contribution in [-0.4, -0.2) is 20.4 Å². The molecule has 2 aromatic heterocycles. The van der Waals surface area contributed by atoms with E-state index in [-0.39, 0.29) is 5.91 Å². The molecule has 5 nitrogen and oxygen atoms in total. The number of anilines is 1. The fourth-order valence-electron chi connectivity index (χ4n) is 1.21. The Hall–Kier alpha value is -1.34. The molecule has 0 unspecified atom stereocenters. The fourth-order valence-corrected chi connectivity index (χ4v) is 2.90. The summed E-state index contributed by atoms with van der Waals surface area (Å²) in [5.41, 5.74) is 0.951. The van der Waals surface area contributed by atoms with Gasteiger partial charge < -0.3 is 9.88 Å². The zero-order chi connectivity index (χ0) is 12.3. The van der Waals surface area contributed by atoms with E-state index in [9.17, 15) is 4.79 Å². The molecule has 0 fully saturated rings. The van der Waals surface area contributed by atoms with Crippen LogP contribution in [0.15, 0.2) is 22.9 Å². The standard InChI is InChI=1S/C10H12N4OS2/c1-7(15)12-9-13-8(5-16-9)6-17-10-11-3-4-14(10)2/h3-5H,6H2,1-2H3,(H,12,13,15). The SMILES string of the molecule is CC(=O)Nc1nc(CSc2nccn2C)cs1. The van der Waals surface area contributed by atoms with E-state index in [1.54, 1.807) is 18.0 Å². The smallest absolute Gasteiger partial charge is 0.223 e. The zero-order valence-corrected chi connectivity index (χ0v) is 11.1. The summed E-state index contributed by atoms with van der Waals surface area (Å²) in [4.78, 5) is 19.4. The Labute approximate surface area is 107 Å². The number of hydrogen-bond donors (Lipinski definition) is 1. The first-order chi connectivity index (χ1) is 8.15. The lowest BCUT2D eigenvalue weighted by molar-refractivity contribution is -0.114. The maximum Gasteiger partial charge on any atom is 0.223 e. The van der Waals surface area contributed by atoms with Crippen molar-refractivity contribution in [2.45, 2.75) is 17.8 Å². The van der Waals surface area contributed by atoms with Crippen molar-refractivity contribution in [1.82, 2.24) is 14.5 Å². The number of aryl methyl sites for hydroxylation is 1. The quantitative estimate of drug-likeness (QED) is 0.863. The number of thioether (sulfide) groups is 1. The predicted octanol–water partition coefficient (Wildman–Crippen LogP) is 2.13. The molecule has 0 aliphatic rings. The molecule has 0 spiro atoms. The number of thiazole rings is 1. The number of nitrogens with one attached hydrogen (secondary N) is 1. The van der Waals surface area contributed by atoms with Crippen molar-refractivity contribution in [1.29, 1.82) is 0 Å². The van der Waals surface area contributed by atoms with Gasteiger partial charge in [-0.25, -0.2) is 9.97 Å². The van der Waals surface area contributed by atoms with E-state index in [2.05, 4.69) is 15.3 Å². The Bertz CT molecular complexity index is 520. The third kappa shape index (κ3) is 3.31. The Morgan fingerprint density at radius 3 is 3.12 bits per heavy atom. The van der Waals surface area contributed by atoms with Crippen LogP contribution in [-0.2, 0) is 17.6 Å². The molecule has 0 aliphatic heterocycles. The zero-order valence-electron chi connectivity index (χ0n) is 9.51. The largest absolute Gasteiger partial charge is 0.329 e. The van der Waals surface area contributed by atoms with Gasteiger partial charge in [0.25, 0.3) is 0 Å². The summed E-state index contributed by atoms with van der Waals surface area (Å²) in [6.45, 7) is 1.48. The minimum absolute atomic E-state index is 0.0948. The number of imidazole rings is 1. The van der Waals surface area contributed by atoms with Crippen molar-refractivity contribution >= 4 is 34.1 Å². The van der Waals surface area contributed by atoms with Crippen LogP contribution >= 0.6 is 23.1 Å². The predicted molar refractivity (Wildman–Crippen MR) is 69.2 cm³/mol. The summed E-state index contributed by atoms with van der Waals surface area (Å²) in [6, 6.07) is 0. The Morgan fingerprint density at radius 2 is 2.47 bits per heavy atom. The number of amides is 1. The van der Waals surface area contributed by atoms with E-state index < -0.39 is 0 Å². The van der Waals surface area contributed by atoms with E-state index in [1.807, 2.05) is 23.2 Å². The van der Waals surface area contributed by atoms with Gasteiger partial charge in [-0.1, -0.05) is 11.8 Å². The molecule has 0 atom stereocenters. The minimum atomic E-state index is -0.0948. The van der Waals surface area contributed by atoms with Crippen LogP contribution in [0.2, 0.25) is 0 Å². The van der Waals surface area contributed by atoms with E-state index in [0.29, 0.717) is 5.13 Å². The molecule has 1 amide bonds. The van der Waals surface area contributed by atoms with E-state index in [0.717, 1.165) is 16.6 Å². The molecule has 0 aromatic carbocycles. The number of aromatic nitrogens is 3. The van der Waals surface area contributed by atoms with Crippen LogP contribution in [0, 0.1) is 0 Å². The molecule has 0 aliphatic carbocycles. The number of hydrogen-bond acceptors (Lipinski definition) is 5. The molecule has 2 aromatic rings. The van der Waals surface area contributed by atoms with Gasteiger partial charge in [-0.2, -0.15) is 0 Å². The van der Waals surface area contributed by atoms with Crippen molar-refractivity contribution < 1.29 is 4.79 Å². The maximum atomic E-state index is 10.8. The molecule has 0 saturated carbocycles. The highest BCUT2D eigenvalue weighted by Gasteiger charge is 2.05. The summed E-state index contributed by atoms with van der Waals surface area (Å²) < 4.78 is 1.96. The lowest BCUT2D eigenvalue weighted by atomic mass is 10.6. The van der Waals surface area contributed by atoms with Crippen molar-refractivity contribution in [3.05, 3.63) is 23.5 Å². The average molecular weight is 268 g/mol.